The molecule has 3 aromatic heterocycles. The minimum Gasteiger partial charge on any atom is -0.444 e. The number of carbonyl (C=O) groups excluding carboxylic acids is 1. The second-order valence-corrected chi connectivity index (χ2v) is 11.2. The van der Waals surface area contributed by atoms with Crippen molar-refractivity contribution in [2.45, 2.75) is 39.2 Å². The van der Waals surface area contributed by atoms with E-state index in [1.165, 1.54) is 0 Å². The number of rotatable bonds is 6. The van der Waals surface area contributed by atoms with E-state index in [1.54, 1.807) is 9.36 Å². The Balaban J connectivity index is 1.38. The summed E-state index contributed by atoms with van der Waals surface area (Å²) in [6.45, 7) is 7.73. The van der Waals surface area contributed by atoms with Crippen LogP contribution in [0.4, 0.5) is 10.6 Å². The smallest absolute Gasteiger partial charge is 0.410 e. The Morgan fingerprint density at radius 1 is 1.03 bits per heavy atom. The molecule has 4 aromatic rings. The summed E-state index contributed by atoms with van der Waals surface area (Å²) in [5.41, 5.74) is 4.33. The van der Waals surface area contributed by atoms with Crippen LogP contribution in [0.5, 0.6) is 0 Å². The van der Waals surface area contributed by atoms with E-state index in [1.807, 2.05) is 82.9 Å². The van der Waals surface area contributed by atoms with Crippen molar-refractivity contribution >= 4 is 11.9 Å². The first-order valence-electron chi connectivity index (χ1n) is 13.3. The van der Waals surface area contributed by atoms with E-state index in [4.69, 9.17) is 14.7 Å². The average molecular weight is 529 g/mol. The van der Waals surface area contributed by atoms with E-state index in [2.05, 4.69) is 27.6 Å². The number of benzene rings is 1. The predicted molar refractivity (Wildman–Crippen MR) is 151 cm³/mol. The monoisotopic (exact) mass is 528 g/mol. The van der Waals surface area contributed by atoms with Crippen LogP contribution in [0.2, 0.25) is 0 Å². The molecular weight excluding hydrogens is 492 g/mol. The molecule has 1 aliphatic heterocycles. The number of aryl methyl sites for hydroxylation is 2. The number of piperidine rings is 1. The van der Waals surface area contributed by atoms with Crippen LogP contribution in [-0.4, -0.2) is 65.8 Å². The summed E-state index contributed by atoms with van der Waals surface area (Å²) in [6, 6.07) is 8.17. The van der Waals surface area contributed by atoms with Crippen molar-refractivity contribution in [3.63, 3.8) is 0 Å². The van der Waals surface area contributed by atoms with Gasteiger partial charge in [0.05, 0.1) is 12.4 Å². The molecule has 5 rings (SSSR count). The third-order valence-electron chi connectivity index (χ3n) is 6.69. The molecule has 39 heavy (non-hydrogen) atoms. The molecule has 0 spiro atoms. The highest BCUT2D eigenvalue weighted by molar-refractivity contribution is 5.76. The van der Waals surface area contributed by atoms with Gasteiger partial charge in [0, 0.05) is 74.6 Å². The second-order valence-electron chi connectivity index (χ2n) is 11.2. The molecule has 0 aliphatic carbocycles. The lowest BCUT2D eigenvalue weighted by Crippen LogP contribution is -2.44. The third kappa shape index (κ3) is 6.45. The molecule has 1 unspecified atom stereocenters. The van der Waals surface area contributed by atoms with Gasteiger partial charge in [-0.15, -0.1) is 0 Å². The largest absolute Gasteiger partial charge is 0.444 e. The Hall–Kier alpha value is -4.21. The van der Waals surface area contributed by atoms with E-state index in [0.29, 0.717) is 18.9 Å². The summed E-state index contributed by atoms with van der Waals surface area (Å²) in [6.07, 6.45) is 11.2. The number of nitrogens with one attached hydrogen (secondary N) is 1. The average Bonchev–Trinajstić information content (AvgIpc) is 3.54. The van der Waals surface area contributed by atoms with Gasteiger partial charge in [-0.05, 0) is 51.2 Å². The zero-order valence-corrected chi connectivity index (χ0v) is 23.3. The molecule has 1 aromatic carbocycles. The number of ether oxygens (including phenoxy) is 1. The fourth-order valence-electron chi connectivity index (χ4n) is 4.80. The maximum atomic E-state index is 12.7. The number of anilines is 1. The molecule has 0 saturated carbocycles. The standard InChI is InChI=1S/C29H36N8O2/c1-29(2,3)39-28(38)37-11-7-8-20(17-37)13-30-27-25(24-15-33-36(5)19-24)16-31-26(34-27)22-10-6-9-21(12-22)23-14-32-35(4)18-23/h6,9-10,12,14-16,18-20H,7-8,11,13,17H2,1-5H3,(H,30,31,34). The first-order valence-corrected chi connectivity index (χ1v) is 13.3. The summed E-state index contributed by atoms with van der Waals surface area (Å²) in [5.74, 6) is 1.66. The molecule has 1 saturated heterocycles. The van der Waals surface area contributed by atoms with Gasteiger partial charge < -0.3 is 15.0 Å². The van der Waals surface area contributed by atoms with Crippen LogP contribution < -0.4 is 5.32 Å². The molecule has 1 amide bonds. The third-order valence-corrected chi connectivity index (χ3v) is 6.69. The Morgan fingerprint density at radius 2 is 1.74 bits per heavy atom. The highest BCUT2D eigenvalue weighted by Crippen LogP contribution is 2.30. The number of aromatic nitrogens is 6. The van der Waals surface area contributed by atoms with Crippen LogP contribution in [-0.2, 0) is 18.8 Å². The van der Waals surface area contributed by atoms with Gasteiger partial charge in [0.1, 0.15) is 11.4 Å². The van der Waals surface area contributed by atoms with Crippen LogP contribution in [0.25, 0.3) is 33.6 Å². The molecule has 10 heteroatoms. The normalized spacial score (nSPS) is 15.8. The van der Waals surface area contributed by atoms with E-state index in [9.17, 15) is 4.79 Å². The van der Waals surface area contributed by atoms with Crippen molar-refractivity contribution in [1.29, 1.82) is 0 Å². The number of amides is 1. The lowest BCUT2D eigenvalue weighted by atomic mass is 9.98. The Morgan fingerprint density at radius 3 is 2.44 bits per heavy atom. The lowest BCUT2D eigenvalue weighted by Gasteiger charge is -2.34. The molecule has 204 valence electrons. The summed E-state index contributed by atoms with van der Waals surface area (Å²) < 4.78 is 9.16. The zero-order valence-electron chi connectivity index (χ0n) is 23.3. The van der Waals surface area contributed by atoms with Crippen LogP contribution in [0.1, 0.15) is 33.6 Å². The zero-order chi connectivity index (χ0) is 27.6. The van der Waals surface area contributed by atoms with Crippen LogP contribution in [0, 0.1) is 5.92 Å². The molecule has 0 bridgehead atoms. The second kappa shape index (κ2) is 10.9. The fourth-order valence-corrected chi connectivity index (χ4v) is 4.80. The lowest BCUT2D eigenvalue weighted by molar-refractivity contribution is 0.0172. The summed E-state index contributed by atoms with van der Waals surface area (Å²) in [4.78, 5) is 24.2. The van der Waals surface area contributed by atoms with Gasteiger partial charge >= 0.3 is 6.09 Å². The quantitative estimate of drug-likeness (QED) is 0.375. The van der Waals surface area contributed by atoms with Crippen molar-refractivity contribution in [1.82, 2.24) is 34.4 Å². The van der Waals surface area contributed by atoms with E-state index in [0.717, 1.165) is 53.0 Å². The minimum atomic E-state index is -0.507. The summed E-state index contributed by atoms with van der Waals surface area (Å²) in [5, 5.41) is 12.2. The molecule has 1 fully saturated rings. The van der Waals surface area contributed by atoms with Crippen molar-refractivity contribution < 1.29 is 9.53 Å². The summed E-state index contributed by atoms with van der Waals surface area (Å²) in [7, 11) is 3.80. The molecule has 0 radical (unpaired) electrons. The topological polar surface area (TPSA) is 103 Å². The summed E-state index contributed by atoms with van der Waals surface area (Å²) >= 11 is 0. The molecule has 1 aliphatic rings. The van der Waals surface area contributed by atoms with E-state index in [-0.39, 0.29) is 12.0 Å². The van der Waals surface area contributed by atoms with Gasteiger partial charge in [-0.2, -0.15) is 10.2 Å². The Kier molecular flexibility index (Phi) is 7.36. The maximum absolute atomic E-state index is 12.7. The van der Waals surface area contributed by atoms with Gasteiger partial charge in [0.25, 0.3) is 0 Å². The van der Waals surface area contributed by atoms with Crippen LogP contribution in [0.15, 0.2) is 55.2 Å². The highest BCUT2D eigenvalue weighted by atomic mass is 16.6. The number of carbonyl (C=O) groups is 1. The van der Waals surface area contributed by atoms with Crippen molar-refractivity contribution in [3.8, 4) is 33.6 Å². The van der Waals surface area contributed by atoms with Crippen molar-refractivity contribution in [2.75, 3.05) is 25.0 Å². The van der Waals surface area contributed by atoms with Crippen LogP contribution >= 0.6 is 0 Å². The predicted octanol–water partition coefficient (Wildman–Crippen LogP) is 5.00. The molecule has 10 nitrogen and oxygen atoms in total. The van der Waals surface area contributed by atoms with Gasteiger partial charge in [-0.25, -0.2) is 14.8 Å². The maximum Gasteiger partial charge on any atom is 0.410 e. The van der Waals surface area contributed by atoms with Gasteiger partial charge in [-0.3, -0.25) is 9.36 Å². The Bertz CT molecular complexity index is 1450. The molecule has 1 atom stereocenters. The molecule has 1 N–H and O–H groups in total. The molecular formula is C29H36N8O2. The number of hydrogen-bond donors (Lipinski definition) is 1. The van der Waals surface area contributed by atoms with Crippen LogP contribution in [0.3, 0.4) is 0 Å². The van der Waals surface area contributed by atoms with Gasteiger partial charge in [0.2, 0.25) is 0 Å². The Labute approximate surface area is 229 Å². The highest BCUT2D eigenvalue weighted by Gasteiger charge is 2.28. The fraction of sp³-hybridized carbons (Fsp3) is 0.414. The first kappa shape index (κ1) is 26.4. The van der Waals surface area contributed by atoms with Gasteiger partial charge in [-0.1, -0.05) is 18.2 Å². The van der Waals surface area contributed by atoms with E-state index < -0.39 is 5.60 Å². The van der Waals surface area contributed by atoms with E-state index >= 15 is 0 Å². The van der Waals surface area contributed by atoms with Crippen molar-refractivity contribution in [2.24, 2.45) is 20.0 Å². The molecule has 4 heterocycles. The number of hydrogen-bond acceptors (Lipinski definition) is 7. The van der Waals surface area contributed by atoms with Crippen molar-refractivity contribution in [3.05, 3.63) is 55.2 Å². The number of nitrogens with zero attached hydrogens (tertiary/aromatic N) is 7. The number of likely N-dealkylation sites (tertiary alicyclic amines) is 1. The SMILES string of the molecule is Cn1cc(-c2cccc(-c3ncc(-c4cnn(C)c4)c(NCC4CCCN(C(=O)OC(C)(C)C)C4)n3)c2)cn1. The minimum absolute atomic E-state index is 0.249. The van der Waals surface area contributed by atoms with Gasteiger partial charge in [0.15, 0.2) is 5.82 Å². The first-order chi connectivity index (χ1) is 18.6.